The summed E-state index contributed by atoms with van der Waals surface area (Å²) < 4.78 is 20.6. The van der Waals surface area contributed by atoms with Crippen molar-refractivity contribution in [3.8, 4) is 11.5 Å². The predicted molar refractivity (Wildman–Crippen MR) is 85.0 cm³/mol. The monoisotopic (exact) mass is 333 g/mol. The van der Waals surface area contributed by atoms with Gasteiger partial charge in [0.25, 0.3) is 5.91 Å². The molecule has 0 aliphatic rings. The standard InChI is InChI=1S/C17H19NO6/c1-3-22-14-7-6-12(9-15(14)21-2)17(20)24-11-16(19)18-10-13-5-4-8-23-13/h4-9H,3,10-11H2,1-2H3,(H,18,19). The van der Waals surface area contributed by atoms with Gasteiger partial charge in [-0.15, -0.1) is 0 Å². The summed E-state index contributed by atoms with van der Waals surface area (Å²) in [6, 6.07) is 8.14. The Morgan fingerprint density at radius 3 is 2.71 bits per heavy atom. The molecule has 0 saturated carbocycles. The lowest BCUT2D eigenvalue weighted by Gasteiger charge is -2.11. The first-order valence-corrected chi connectivity index (χ1v) is 7.41. The highest BCUT2D eigenvalue weighted by atomic mass is 16.5. The van der Waals surface area contributed by atoms with E-state index in [0.29, 0.717) is 23.9 Å². The molecule has 0 bridgehead atoms. The van der Waals surface area contributed by atoms with Crippen LogP contribution in [0.3, 0.4) is 0 Å². The van der Waals surface area contributed by atoms with Crippen molar-refractivity contribution in [2.45, 2.75) is 13.5 Å². The molecule has 0 radical (unpaired) electrons. The minimum absolute atomic E-state index is 0.236. The average molecular weight is 333 g/mol. The van der Waals surface area contributed by atoms with E-state index in [2.05, 4.69) is 5.32 Å². The Bertz CT molecular complexity index is 680. The normalized spacial score (nSPS) is 10.1. The first-order valence-electron chi connectivity index (χ1n) is 7.41. The van der Waals surface area contributed by atoms with E-state index in [4.69, 9.17) is 18.6 Å². The maximum absolute atomic E-state index is 12.0. The van der Waals surface area contributed by atoms with Crippen molar-refractivity contribution >= 4 is 11.9 Å². The maximum atomic E-state index is 12.0. The van der Waals surface area contributed by atoms with Gasteiger partial charge in [-0.2, -0.15) is 0 Å². The highest BCUT2D eigenvalue weighted by molar-refractivity contribution is 5.92. The van der Waals surface area contributed by atoms with Crippen molar-refractivity contribution in [1.82, 2.24) is 5.32 Å². The second kappa shape index (κ2) is 8.61. The number of carbonyl (C=O) groups is 2. The van der Waals surface area contributed by atoms with Gasteiger partial charge in [0.1, 0.15) is 5.76 Å². The summed E-state index contributed by atoms with van der Waals surface area (Å²) in [5.74, 6) is 0.536. The Morgan fingerprint density at radius 2 is 2.04 bits per heavy atom. The Kier molecular flexibility index (Phi) is 6.24. The summed E-state index contributed by atoms with van der Waals surface area (Å²) in [6.45, 7) is 2.19. The number of ether oxygens (including phenoxy) is 3. The van der Waals surface area contributed by atoms with Crippen LogP contribution in [0.5, 0.6) is 11.5 Å². The maximum Gasteiger partial charge on any atom is 0.338 e. The minimum atomic E-state index is -0.621. The number of methoxy groups -OCH3 is 1. The molecule has 0 atom stereocenters. The second-order valence-electron chi connectivity index (χ2n) is 4.73. The second-order valence-corrected chi connectivity index (χ2v) is 4.73. The van der Waals surface area contributed by atoms with Crippen molar-refractivity contribution in [3.63, 3.8) is 0 Å². The molecule has 7 heteroatoms. The SMILES string of the molecule is CCOc1ccc(C(=O)OCC(=O)NCc2ccco2)cc1OC. The third kappa shape index (κ3) is 4.77. The molecule has 0 unspecified atom stereocenters. The van der Waals surface area contributed by atoms with Crippen LogP contribution >= 0.6 is 0 Å². The number of rotatable bonds is 8. The molecule has 0 aliphatic heterocycles. The molecule has 1 N–H and O–H groups in total. The summed E-state index contributed by atoms with van der Waals surface area (Å²) in [7, 11) is 1.48. The lowest BCUT2D eigenvalue weighted by molar-refractivity contribution is -0.124. The van der Waals surface area contributed by atoms with Crippen molar-refractivity contribution in [2.24, 2.45) is 0 Å². The van der Waals surface area contributed by atoms with E-state index in [1.807, 2.05) is 6.92 Å². The highest BCUT2D eigenvalue weighted by Gasteiger charge is 2.14. The Morgan fingerprint density at radius 1 is 1.21 bits per heavy atom. The fraction of sp³-hybridized carbons (Fsp3) is 0.294. The molecular formula is C17H19NO6. The van der Waals surface area contributed by atoms with Crippen LogP contribution in [-0.2, 0) is 16.1 Å². The van der Waals surface area contributed by atoms with Gasteiger partial charge in [-0.05, 0) is 37.3 Å². The molecule has 128 valence electrons. The molecular weight excluding hydrogens is 314 g/mol. The van der Waals surface area contributed by atoms with Crippen molar-refractivity contribution < 1.29 is 28.2 Å². The molecule has 1 amide bonds. The number of hydrogen-bond donors (Lipinski definition) is 1. The largest absolute Gasteiger partial charge is 0.493 e. The molecule has 7 nitrogen and oxygen atoms in total. The number of amides is 1. The zero-order valence-corrected chi connectivity index (χ0v) is 13.5. The van der Waals surface area contributed by atoms with Crippen LogP contribution in [-0.4, -0.2) is 32.2 Å². The van der Waals surface area contributed by atoms with Gasteiger partial charge in [0.05, 0.1) is 32.1 Å². The minimum Gasteiger partial charge on any atom is -0.493 e. The molecule has 0 aliphatic carbocycles. The van der Waals surface area contributed by atoms with Crippen LogP contribution < -0.4 is 14.8 Å². The molecule has 2 rings (SSSR count). The zero-order chi connectivity index (χ0) is 17.4. The summed E-state index contributed by atoms with van der Waals surface area (Å²) in [5.41, 5.74) is 0.272. The van der Waals surface area contributed by atoms with Gasteiger partial charge in [-0.25, -0.2) is 4.79 Å². The predicted octanol–water partition coefficient (Wildman–Crippen LogP) is 2.16. The van der Waals surface area contributed by atoms with E-state index < -0.39 is 11.9 Å². The van der Waals surface area contributed by atoms with E-state index in [9.17, 15) is 9.59 Å². The lowest BCUT2D eigenvalue weighted by atomic mass is 10.2. The molecule has 1 aromatic carbocycles. The molecule has 1 aromatic heterocycles. The topological polar surface area (TPSA) is 87.0 Å². The lowest BCUT2D eigenvalue weighted by Crippen LogP contribution is -2.28. The third-order valence-corrected chi connectivity index (χ3v) is 3.07. The molecule has 24 heavy (non-hydrogen) atoms. The molecule has 0 saturated heterocycles. The van der Waals surface area contributed by atoms with E-state index in [-0.39, 0.29) is 18.7 Å². The van der Waals surface area contributed by atoms with Crippen molar-refractivity contribution in [3.05, 3.63) is 47.9 Å². The van der Waals surface area contributed by atoms with Crippen LogP contribution in [0.4, 0.5) is 0 Å². The van der Waals surface area contributed by atoms with Crippen LogP contribution in [0.2, 0.25) is 0 Å². The Hall–Kier alpha value is -2.96. The van der Waals surface area contributed by atoms with Crippen molar-refractivity contribution in [2.75, 3.05) is 20.3 Å². The van der Waals surface area contributed by atoms with E-state index in [1.54, 1.807) is 24.3 Å². The molecule has 0 fully saturated rings. The van der Waals surface area contributed by atoms with Crippen molar-refractivity contribution in [1.29, 1.82) is 0 Å². The van der Waals surface area contributed by atoms with Crippen LogP contribution in [0.15, 0.2) is 41.0 Å². The quantitative estimate of drug-likeness (QED) is 0.745. The van der Waals surface area contributed by atoms with Gasteiger partial charge < -0.3 is 23.9 Å². The number of furan rings is 1. The average Bonchev–Trinajstić information content (AvgIpc) is 3.12. The van der Waals surface area contributed by atoms with Crippen LogP contribution in [0.25, 0.3) is 0 Å². The number of hydrogen-bond acceptors (Lipinski definition) is 6. The fourth-order valence-electron chi connectivity index (χ4n) is 1.93. The Balaban J connectivity index is 1.86. The highest BCUT2D eigenvalue weighted by Crippen LogP contribution is 2.28. The van der Waals surface area contributed by atoms with Gasteiger partial charge in [0.15, 0.2) is 18.1 Å². The van der Waals surface area contributed by atoms with Crippen LogP contribution in [0.1, 0.15) is 23.0 Å². The van der Waals surface area contributed by atoms with Gasteiger partial charge in [-0.1, -0.05) is 0 Å². The van der Waals surface area contributed by atoms with Gasteiger partial charge in [-0.3, -0.25) is 4.79 Å². The van der Waals surface area contributed by atoms with Gasteiger partial charge in [0.2, 0.25) is 0 Å². The fourth-order valence-corrected chi connectivity index (χ4v) is 1.93. The summed E-state index contributed by atoms with van der Waals surface area (Å²) in [6.07, 6.45) is 1.51. The van der Waals surface area contributed by atoms with E-state index in [1.165, 1.54) is 19.4 Å². The van der Waals surface area contributed by atoms with Crippen LogP contribution in [0, 0.1) is 0 Å². The van der Waals surface area contributed by atoms with E-state index in [0.717, 1.165) is 0 Å². The molecule has 2 aromatic rings. The van der Waals surface area contributed by atoms with E-state index >= 15 is 0 Å². The molecule has 0 spiro atoms. The summed E-state index contributed by atoms with van der Waals surface area (Å²) in [5, 5.41) is 2.59. The number of nitrogens with one attached hydrogen (secondary N) is 1. The molecule has 1 heterocycles. The first-order chi connectivity index (χ1) is 11.6. The number of carbonyl (C=O) groups excluding carboxylic acids is 2. The smallest absolute Gasteiger partial charge is 0.338 e. The zero-order valence-electron chi connectivity index (χ0n) is 13.5. The summed E-state index contributed by atoms with van der Waals surface area (Å²) >= 11 is 0. The Labute approximate surface area is 139 Å². The third-order valence-electron chi connectivity index (χ3n) is 3.07. The number of benzene rings is 1. The first kappa shape index (κ1) is 17.4. The van der Waals surface area contributed by atoms with Gasteiger partial charge in [0, 0.05) is 0 Å². The van der Waals surface area contributed by atoms with Gasteiger partial charge >= 0.3 is 5.97 Å². The number of esters is 1. The summed E-state index contributed by atoms with van der Waals surface area (Å²) in [4.78, 5) is 23.7.